The van der Waals surface area contributed by atoms with Crippen LogP contribution in [0.3, 0.4) is 0 Å². The number of carbonyl (C=O) groups is 1. The van der Waals surface area contributed by atoms with Crippen molar-refractivity contribution in [1.29, 1.82) is 0 Å². The number of hydrogen-bond donors (Lipinski definition) is 2. The third-order valence-corrected chi connectivity index (χ3v) is 2.78. The molecule has 0 bridgehead atoms. The second-order valence-corrected chi connectivity index (χ2v) is 5.10. The molecular formula is C10H13BrN2O3. The van der Waals surface area contributed by atoms with E-state index in [1.165, 1.54) is 16.8 Å². The molecule has 1 aromatic rings. The van der Waals surface area contributed by atoms with E-state index in [1.54, 1.807) is 13.8 Å². The molecule has 0 aromatic carbocycles. The van der Waals surface area contributed by atoms with Gasteiger partial charge in [-0.05, 0) is 35.8 Å². The molecule has 0 amide bonds. The summed E-state index contributed by atoms with van der Waals surface area (Å²) in [6.07, 6.45) is 1.44. The van der Waals surface area contributed by atoms with Crippen molar-refractivity contribution in [3.63, 3.8) is 0 Å². The lowest BCUT2D eigenvalue weighted by atomic mass is 9.94. The Hall–Kier alpha value is -1.30. The molecule has 0 spiro atoms. The molecule has 0 aliphatic rings. The number of carboxylic acids is 1. The van der Waals surface area contributed by atoms with Gasteiger partial charge in [0.25, 0.3) is 5.56 Å². The summed E-state index contributed by atoms with van der Waals surface area (Å²) >= 11 is 3.08. The molecule has 16 heavy (non-hydrogen) atoms. The molecule has 1 aromatic heterocycles. The van der Waals surface area contributed by atoms with Crippen molar-refractivity contribution in [2.45, 2.75) is 20.4 Å². The highest BCUT2D eigenvalue weighted by molar-refractivity contribution is 9.10. The summed E-state index contributed by atoms with van der Waals surface area (Å²) in [5, 5.41) is 8.97. The minimum absolute atomic E-state index is 0.0742. The number of rotatable bonds is 3. The Morgan fingerprint density at radius 1 is 1.62 bits per heavy atom. The average Bonchev–Trinajstić information content (AvgIpc) is 2.12. The second-order valence-electron chi connectivity index (χ2n) is 4.24. The second kappa shape index (κ2) is 4.29. The Morgan fingerprint density at radius 2 is 2.19 bits per heavy atom. The molecule has 88 valence electrons. The highest BCUT2D eigenvalue weighted by atomic mass is 79.9. The van der Waals surface area contributed by atoms with Crippen LogP contribution >= 0.6 is 15.9 Å². The first-order valence-electron chi connectivity index (χ1n) is 4.63. The van der Waals surface area contributed by atoms with Crippen LogP contribution in [0.25, 0.3) is 0 Å². The van der Waals surface area contributed by atoms with Crippen LogP contribution in [0.2, 0.25) is 0 Å². The van der Waals surface area contributed by atoms with E-state index in [4.69, 9.17) is 10.8 Å². The standard InChI is InChI=1S/C10H13BrN2O3/c1-10(2,9(15)16)5-13-4-6(12)3-7(11)8(13)14/h3-4H,5,12H2,1-2H3,(H,15,16). The van der Waals surface area contributed by atoms with Gasteiger partial charge in [-0.15, -0.1) is 0 Å². The van der Waals surface area contributed by atoms with Crippen LogP contribution in [-0.4, -0.2) is 15.6 Å². The fourth-order valence-corrected chi connectivity index (χ4v) is 1.72. The quantitative estimate of drug-likeness (QED) is 0.878. The maximum absolute atomic E-state index is 11.7. The average molecular weight is 289 g/mol. The third-order valence-electron chi connectivity index (χ3n) is 2.21. The molecule has 0 atom stereocenters. The molecule has 0 aliphatic carbocycles. The van der Waals surface area contributed by atoms with Crippen LogP contribution < -0.4 is 11.3 Å². The van der Waals surface area contributed by atoms with Gasteiger partial charge in [-0.25, -0.2) is 0 Å². The van der Waals surface area contributed by atoms with Crippen molar-refractivity contribution in [1.82, 2.24) is 4.57 Å². The molecule has 0 saturated heterocycles. The number of hydrogen-bond acceptors (Lipinski definition) is 3. The summed E-state index contributed by atoms with van der Waals surface area (Å²) in [5.74, 6) is -0.960. The van der Waals surface area contributed by atoms with Crippen LogP contribution in [0.1, 0.15) is 13.8 Å². The van der Waals surface area contributed by atoms with Gasteiger partial charge in [0.1, 0.15) is 0 Å². The van der Waals surface area contributed by atoms with E-state index in [9.17, 15) is 9.59 Å². The first-order valence-corrected chi connectivity index (χ1v) is 5.42. The zero-order chi connectivity index (χ0) is 12.5. The van der Waals surface area contributed by atoms with Gasteiger partial charge >= 0.3 is 5.97 Å². The minimum Gasteiger partial charge on any atom is -0.481 e. The van der Waals surface area contributed by atoms with Crippen LogP contribution in [-0.2, 0) is 11.3 Å². The molecule has 0 unspecified atom stereocenters. The minimum atomic E-state index is -1.02. The summed E-state index contributed by atoms with van der Waals surface area (Å²) in [6.45, 7) is 3.18. The smallest absolute Gasteiger partial charge is 0.310 e. The van der Waals surface area contributed by atoms with Crippen LogP contribution in [0.4, 0.5) is 5.69 Å². The first-order chi connectivity index (χ1) is 7.24. The lowest BCUT2D eigenvalue weighted by Gasteiger charge is -2.20. The van der Waals surface area contributed by atoms with Gasteiger partial charge in [-0.2, -0.15) is 0 Å². The van der Waals surface area contributed by atoms with Crippen LogP contribution in [0.5, 0.6) is 0 Å². The topological polar surface area (TPSA) is 85.3 Å². The summed E-state index contributed by atoms with van der Waals surface area (Å²) in [4.78, 5) is 22.6. The van der Waals surface area contributed by atoms with Gasteiger partial charge in [-0.1, -0.05) is 0 Å². The van der Waals surface area contributed by atoms with E-state index < -0.39 is 11.4 Å². The summed E-state index contributed by atoms with van der Waals surface area (Å²) in [5.41, 5.74) is 4.69. The molecule has 0 aliphatic heterocycles. The lowest BCUT2D eigenvalue weighted by Crippen LogP contribution is -2.34. The zero-order valence-electron chi connectivity index (χ0n) is 9.03. The monoisotopic (exact) mass is 288 g/mol. The molecule has 1 heterocycles. The summed E-state index contributed by atoms with van der Waals surface area (Å²) in [7, 11) is 0. The fraction of sp³-hybridized carbons (Fsp3) is 0.400. The van der Waals surface area contributed by atoms with Gasteiger partial charge in [-0.3, -0.25) is 9.59 Å². The number of nitrogens with two attached hydrogens (primary N) is 1. The SMILES string of the molecule is CC(C)(Cn1cc(N)cc(Br)c1=O)C(=O)O. The van der Waals surface area contributed by atoms with E-state index in [2.05, 4.69) is 15.9 Å². The largest absolute Gasteiger partial charge is 0.481 e. The number of aliphatic carboxylic acids is 1. The van der Waals surface area contributed by atoms with Gasteiger partial charge in [0.05, 0.1) is 9.89 Å². The van der Waals surface area contributed by atoms with Crippen molar-refractivity contribution >= 4 is 27.6 Å². The molecule has 1 rings (SSSR count). The number of nitrogen functional groups attached to an aromatic ring is 1. The Bertz CT molecular complexity index is 479. The Morgan fingerprint density at radius 3 is 2.69 bits per heavy atom. The van der Waals surface area contributed by atoms with E-state index in [0.29, 0.717) is 10.2 Å². The summed E-state index contributed by atoms with van der Waals surface area (Å²) < 4.78 is 1.63. The Balaban J connectivity index is 3.16. The van der Waals surface area contributed by atoms with Crippen LogP contribution in [0, 0.1) is 5.41 Å². The predicted octanol–water partition coefficient (Wildman–Crippen LogP) is 1.30. The third kappa shape index (κ3) is 2.63. The van der Waals surface area contributed by atoms with Crippen molar-refractivity contribution < 1.29 is 9.90 Å². The lowest BCUT2D eigenvalue weighted by molar-refractivity contribution is -0.147. The fourth-order valence-electron chi connectivity index (χ4n) is 1.23. The van der Waals surface area contributed by atoms with Crippen LogP contribution in [0.15, 0.2) is 21.5 Å². The first kappa shape index (κ1) is 12.8. The van der Waals surface area contributed by atoms with Gasteiger partial charge in [0, 0.05) is 18.4 Å². The van der Waals surface area contributed by atoms with E-state index in [1.807, 2.05) is 0 Å². The predicted molar refractivity (Wildman–Crippen MR) is 64.2 cm³/mol. The molecule has 0 radical (unpaired) electrons. The van der Waals surface area contributed by atoms with Crippen molar-refractivity contribution in [2.75, 3.05) is 5.73 Å². The Kier molecular flexibility index (Phi) is 3.42. The van der Waals surface area contributed by atoms with E-state index >= 15 is 0 Å². The summed E-state index contributed by atoms with van der Waals surface area (Å²) in [6, 6.07) is 1.49. The number of anilines is 1. The van der Waals surface area contributed by atoms with Gasteiger partial charge in [0.2, 0.25) is 0 Å². The van der Waals surface area contributed by atoms with E-state index in [-0.39, 0.29) is 12.1 Å². The molecule has 3 N–H and O–H groups in total. The highest BCUT2D eigenvalue weighted by Crippen LogP contribution is 2.18. The number of nitrogens with zero attached hydrogens (tertiary/aromatic N) is 1. The number of pyridine rings is 1. The van der Waals surface area contributed by atoms with Gasteiger partial charge in [0.15, 0.2) is 0 Å². The zero-order valence-corrected chi connectivity index (χ0v) is 10.6. The molecular weight excluding hydrogens is 276 g/mol. The molecule has 6 heteroatoms. The Labute approximate surface area is 101 Å². The van der Waals surface area contributed by atoms with Crippen molar-refractivity contribution in [3.05, 3.63) is 27.1 Å². The number of carboxylic acid groups (broad SMARTS) is 1. The molecule has 0 saturated carbocycles. The van der Waals surface area contributed by atoms with E-state index in [0.717, 1.165) is 0 Å². The number of halogens is 1. The van der Waals surface area contributed by atoms with Gasteiger partial charge < -0.3 is 15.4 Å². The molecule has 5 nitrogen and oxygen atoms in total. The van der Waals surface area contributed by atoms with Crippen molar-refractivity contribution in [2.24, 2.45) is 5.41 Å². The van der Waals surface area contributed by atoms with Crippen molar-refractivity contribution in [3.8, 4) is 0 Å². The number of aromatic nitrogens is 1. The maximum Gasteiger partial charge on any atom is 0.310 e. The maximum atomic E-state index is 11.7. The molecule has 0 fully saturated rings. The normalized spacial score (nSPS) is 11.4. The highest BCUT2D eigenvalue weighted by Gasteiger charge is 2.28.